The molecule has 2 rings (SSSR count). The van der Waals surface area contributed by atoms with E-state index in [1.807, 2.05) is 37.8 Å². The second-order valence-electron chi connectivity index (χ2n) is 8.41. The molecule has 1 aliphatic rings. The van der Waals surface area contributed by atoms with Crippen LogP contribution >= 0.6 is 22.6 Å². The summed E-state index contributed by atoms with van der Waals surface area (Å²) < 4.78 is 6.32. The molecule has 0 spiro atoms. The molecule has 1 aliphatic heterocycles. The normalized spacial score (nSPS) is 15.5. The molecule has 7 heteroatoms. The minimum Gasteiger partial charge on any atom is -0.444 e. The summed E-state index contributed by atoms with van der Waals surface area (Å²) in [4.78, 5) is 30.0. The Balaban J connectivity index is 1.57. The van der Waals surface area contributed by atoms with Gasteiger partial charge in [-0.15, -0.1) is 0 Å². The minimum atomic E-state index is -0.440. The second-order valence-corrected chi connectivity index (χ2v) is 9.44. The van der Waals surface area contributed by atoms with Crippen LogP contribution in [0.1, 0.15) is 58.4 Å². The van der Waals surface area contributed by atoms with Crippen LogP contribution in [-0.2, 0) is 9.53 Å². The Hall–Kier alpha value is -1.64. The average molecular weight is 513 g/mol. The Morgan fingerprint density at radius 3 is 2.69 bits per heavy atom. The van der Waals surface area contributed by atoms with Crippen LogP contribution in [0, 0.1) is 9.62 Å². The molecular weight excluding hydrogens is 481 g/mol. The first-order chi connectivity index (χ1) is 13.7. The Morgan fingerprint density at radius 1 is 1.31 bits per heavy atom. The van der Waals surface area contributed by atoms with Gasteiger partial charge in [0.05, 0.1) is 0 Å². The molecule has 2 heterocycles. The van der Waals surface area contributed by atoms with Crippen molar-refractivity contribution in [3.8, 4) is 0 Å². The number of amides is 2. The predicted molar refractivity (Wildman–Crippen MR) is 123 cm³/mol. The van der Waals surface area contributed by atoms with Gasteiger partial charge in [0.15, 0.2) is 0 Å². The average Bonchev–Trinajstić information content (AvgIpc) is 2.66. The third kappa shape index (κ3) is 9.14. The van der Waals surface area contributed by atoms with Gasteiger partial charge in [-0.2, -0.15) is 0 Å². The number of halogens is 1. The maximum atomic E-state index is 12.1. The Bertz CT molecular complexity index is 707. The van der Waals surface area contributed by atoms with Gasteiger partial charge < -0.3 is 15.0 Å². The summed E-state index contributed by atoms with van der Waals surface area (Å²) in [6, 6.07) is 3.80. The van der Waals surface area contributed by atoms with E-state index in [9.17, 15) is 9.59 Å². The molecule has 0 atom stereocenters. The van der Waals surface area contributed by atoms with Crippen LogP contribution in [0.15, 0.2) is 24.4 Å². The molecule has 0 aliphatic carbocycles. The van der Waals surface area contributed by atoms with Gasteiger partial charge in [-0.3, -0.25) is 4.79 Å². The van der Waals surface area contributed by atoms with Gasteiger partial charge in [-0.25, -0.2) is 9.78 Å². The number of nitrogens with one attached hydrogen (secondary N) is 1. The van der Waals surface area contributed by atoms with E-state index in [1.165, 1.54) is 0 Å². The second kappa shape index (κ2) is 11.5. The van der Waals surface area contributed by atoms with E-state index in [0.29, 0.717) is 12.5 Å². The van der Waals surface area contributed by atoms with Crippen molar-refractivity contribution in [3.05, 3.63) is 33.7 Å². The first-order valence-corrected chi connectivity index (χ1v) is 11.4. The van der Waals surface area contributed by atoms with Crippen molar-refractivity contribution in [1.82, 2.24) is 15.2 Å². The fourth-order valence-electron chi connectivity index (χ4n) is 3.25. The lowest BCUT2D eigenvalue weighted by Crippen LogP contribution is -2.41. The highest BCUT2D eigenvalue weighted by Crippen LogP contribution is 2.23. The van der Waals surface area contributed by atoms with E-state index in [4.69, 9.17) is 4.74 Å². The molecule has 160 valence electrons. The summed E-state index contributed by atoms with van der Waals surface area (Å²) in [5.74, 6) is 0.576. The number of rotatable bonds is 7. The molecule has 29 heavy (non-hydrogen) atoms. The van der Waals surface area contributed by atoms with Crippen molar-refractivity contribution >= 4 is 40.7 Å². The summed E-state index contributed by atoms with van der Waals surface area (Å²) in [7, 11) is 0. The fourth-order valence-corrected chi connectivity index (χ4v) is 3.77. The van der Waals surface area contributed by atoms with Crippen LogP contribution < -0.4 is 5.32 Å². The van der Waals surface area contributed by atoms with Crippen LogP contribution in [0.25, 0.3) is 6.08 Å². The molecule has 0 radical (unpaired) electrons. The lowest BCUT2D eigenvalue weighted by Gasteiger charge is -2.33. The first-order valence-electron chi connectivity index (χ1n) is 10.3. The zero-order valence-corrected chi connectivity index (χ0v) is 19.8. The molecular formula is C22H32IN3O3. The highest BCUT2D eigenvalue weighted by molar-refractivity contribution is 14.1. The SMILES string of the molecule is CC(C)(C)OC(=O)N1CCC(CCCCNC(=O)/C=C/c2cccnc2I)CC1. The Morgan fingerprint density at radius 2 is 2.03 bits per heavy atom. The number of hydrogen-bond donors (Lipinski definition) is 1. The molecule has 0 bridgehead atoms. The van der Waals surface area contributed by atoms with Crippen molar-refractivity contribution in [2.24, 2.45) is 5.92 Å². The molecule has 1 N–H and O–H groups in total. The van der Waals surface area contributed by atoms with Crippen LogP contribution in [0.4, 0.5) is 4.79 Å². The zero-order chi connectivity index (χ0) is 21.3. The van der Waals surface area contributed by atoms with Crippen molar-refractivity contribution < 1.29 is 14.3 Å². The highest BCUT2D eigenvalue weighted by atomic mass is 127. The number of carbonyl (C=O) groups is 2. The van der Waals surface area contributed by atoms with Crippen molar-refractivity contribution in [1.29, 1.82) is 0 Å². The quantitative estimate of drug-likeness (QED) is 0.250. The molecule has 6 nitrogen and oxygen atoms in total. The smallest absolute Gasteiger partial charge is 0.410 e. The van der Waals surface area contributed by atoms with Gasteiger partial charge in [0, 0.05) is 37.5 Å². The number of ether oxygens (including phenoxy) is 1. The Labute approximate surface area is 187 Å². The van der Waals surface area contributed by atoms with Gasteiger partial charge in [-0.1, -0.05) is 18.9 Å². The van der Waals surface area contributed by atoms with Crippen LogP contribution in [0.5, 0.6) is 0 Å². The maximum Gasteiger partial charge on any atom is 0.410 e. The monoisotopic (exact) mass is 513 g/mol. The van der Waals surface area contributed by atoms with Crippen LogP contribution in [0.2, 0.25) is 0 Å². The fraction of sp³-hybridized carbons (Fsp3) is 0.591. The largest absolute Gasteiger partial charge is 0.444 e. The van der Waals surface area contributed by atoms with Crippen LogP contribution in [-0.4, -0.2) is 47.1 Å². The van der Waals surface area contributed by atoms with Crippen molar-refractivity contribution in [2.45, 2.75) is 58.5 Å². The van der Waals surface area contributed by atoms with E-state index in [2.05, 4.69) is 32.9 Å². The molecule has 0 aromatic carbocycles. The molecule has 0 saturated carbocycles. The summed E-state index contributed by atoms with van der Waals surface area (Å²) in [5.41, 5.74) is 0.505. The number of unbranched alkanes of at least 4 members (excludes halogenated alkanes) is 1. The Kier molecular flexibility index (Phi) is 9.39. The van der Waals surface area contributed by atoms with E-state index in [1.54, 1.807) is 18.3 Å². The molecule has 1 aromatic rings. The minimum absolute atomic E-state index is 0.0738. The van der Waals surface area contributed by atoms with Gasteiger partial charge in [0.1, 0.15) is 9.30 Å². The van der Waals surface area contributed by atoms with E-state index in [0.717, 1.165) is 54.5 Å². The number of hydrogen-bond acceptors (Lipinski definition) is 4. The lowest BCUT2D eigenvalue weighted by atomic mass is 9.92. The number of aromatic nitrogens is 1. The third-order valence-electron chi connectivity index (χ3n) is 4.81. The summed E-state index contributed by atoms with van der Waals surface area (Å²) in [5, 5.41) is 2.94. The molecule has 0 unspecified atom stereocenters. The standard InChI is InChI=1S/C22H32IN3O3/c1-22(2,3)29-21(28)26-15-11-17(12-16-26)7-4-5-13-24-19(27)10-9-18-8-6-14-25-20(18)23/h6,8-10,14,17H,4-5,7,11-13,15-16H2,1-3H3,(H,24,27)/b10-9+. The summed E-state index contributed by atoms with van der Waals surface area (Å²) in [6.45, 7) is 7.91. The third-order valence-corrected chi connectivity index (χ3v) is 5.71. The molecule has 1 fully saturated rings. The van der Waals surface area contributed by atoms with Gasteiger partial charge in [0.2, 0.25) is 5.91 Å². The highest BCUT2D eigenvalue weighted by Gasteiger charge is 2.26. The van der Waals surface area contributed by atoms with Gasteiger partial charge in [0.25, 0.3) is 0 Å². The van der Waals surface area contributed by atoms with E-state index >= 15 is 0 Å². The van der Waals surface area contributed by atoms with Gasteiger partial charge in [-0.05, 0) is 80.7 Å². The topological polar surface area (TPSA) is 71.5 Å². The van der Waals surface area contributed by atoms with Gasteiger partial charge >= 0.3 is 6.09 Å². The van der Waals surface area contributed by atoms with E-state index in [-0.39, 0.29) is 12.0 Å². The van der Waals surface area contributed by atoms with E-state index < -0.39 is 5.60 Å². The maximum absolute atomic E-state index is 12.1. The number of likely N-dealkylation sites (tertiary alicyclic amines) is 1. The van der Waals surface area contributed by atoms with Crippen molar-refractivity contribution in [3.63, 3.8) is 0 Å². The number of carbonyl (C=O) groups excluding carboxylic acids is 2. The number of pyridine rings is 1. The predicted octanol–water partition coefficient (Wildman–Crippen LogP) is 4.63. The zero-order valence-electron chi connectivity index (χ0n) is 17.6. The van der Waals surface area contributed by atoms with Crippen molar-refractivity contribution in [2.75, 3.05) is 19.6 Å². The summed E-state index contributed by atoms with van der Waals surface area (Å²) >= 11 is 2.16. The molecule has 1 saturated heterocycles. The first kappa shape index (κ1) is 23.6. The lowest BCUT2D eigenvalue weighted by molar-refractivity contribution is -0.116. The summed E-state index contributed by atoms with van der Waals surface area (Å²) in [6.07, 6.45) is 10.1. The van der Waals surface area contributed by atoms with Crippen LogP contribution in [0.3, 0.4) is 0 Å². The number of piperidine rings is 1. The molecule has 2 amide bonds. The number of nitrogens with zero attached hydrogens (tertiary/aromatic N) is 2. The molecule has 1 aromatic heterocycles.